The number of hydrogen-bond acceptors (Lipinski definition) is 5. The molecule has 9 heteroatoms. The number of amides is 1. The summed E-state index contributed by atoms with van der Waals surface area (Å²) in [6.07, 6.45) is 1.79. The van der Waals surface area contributed by atoms with Crippen molar-refractivity contribution < 1.29 is 18.3 Å². The van der Waals surface area contributed by atoms with Crippen LogP contribution < -0.4 is 0 Å². The maximum Gasteiger partial charge on any atom is 0.262 e. The summed E-state index contributed by atoms with van der Waals surface area (Å²) < 4.78 is 27.9. The van der Waals surface area contributed by atoms with Crippen molar-refractivity contribution in [3.63, 3.8) is 0 Å². The van der Waals surface area contributed by atoms with Crippen LogP contribution in [0.15, 0.2) is 47.9 Å². The van der Waals surface area contributed by atoms with Crippen molar-refractivity contribution in [2.75, 3.05) is 19.6 Å². The SMILES string of the molecule is Cn1cnc(S(=O)(=O)N2CC(=O)N(Cc3ccccc3)CC(O)C2)c1. The summed E-state index contributed by atoms with van der Waals surface area (Å²) in [5.41, 5.74) is 0.920. The molecule has 1 unspecified atom stereocenters. The van der Waals surface area contributed by atoms with Crippen molar-refractivity contribution in [1.29, 1.82) is 0 Å². The maximum atomic E-state index is 12.7. The molecule has 1 aromatic heterocycles. The second-order valence-electron chi connectivity index (χ2n) is 6.09. The van der Waals surface area contributed by atoms with Gasteiger partial charge in [-0.3, -0.25) is 4.79 Å². The zero-order valence-corrected chi connectivity index (χ0v) is 14.6. The number of aliphatic hydroxyl groups excluding tert-OH is 1. The number of carbonyl (C=O) groups excluding carboxylic acids is 1. The summed E-state index contributed by atoms with van der Waals surface area (Å²) >= 11 is 0. The van der Waals surface area contributed by atoms with Gasteiger partial charge in [-0.1, -0.05) is 30.3 Å². The third-order valence-corrected chi connectivity index (χ3v) is 5.71. The van der Waals surface area contributed by atoms with Gasteiger partial charge in [0.1, 0.15) is 0 Å². The van der Waals surface area contributed by atoms with Crippen molar-refractivity contribution in [2.24, 2.45) is 7.05 Å². The van der Waals surface area contributed by atoms with Gasteiger partial charge in [0.05, 0.1) is 19.0 Å². The van der Waals surface area contributed by atoms with Gasteiger partial charge in [-0.15, -0.1) is 0 Å². The van der Waals surface area contributed by atoms with E-state index in [9.17, 15) is 18.3 Å². The molecule has 0 aliphatic carbocycles. The van der Waals surface area contributed by atoms with E-state index in [-0.39, 0.29) is 30.6 Å². The minimum Gasteiger partial charge on any atom is -0.390 e. The maximum absolute atomic E-state index is 12.7. The van der Waals surface area contributed by atoms with E-state index in [2.05, 4.69) is 4.98 Å². The van der Waals surface area contributed by atoms with E-state index in [0.29, 0.717) is 6.54 Å². The van der Waals surface area contributed by atoms with Crippen LogP contribution in [-0.2, 0) is 28.4 Å². The van der Waals surface area contributed by atoms with Gasteiger partial charge in [-0.25, -0.2) is 13.4 Å². The molecule has 25 heavy (non-hydrogen) atoms. The standard InChI is InChI=1S/C16H20N4O4S/c1-18-10-15(17-12-18)25(23,24)20-9-14(21)8-19(16(22)11-20)7-13-5-3-2-4-6-13/h2-6,10,12,14,21H,7-9,11H2,1H3. The fraction of sp³-hybridized carbons (Fsp3) is 0.375. The zero-order chi connectivity index (χ0) is 18.0. The van der Waals surface area contributed by atoms with Crippen LogP contribution in [0.2, 0.25) is 0 Å². The first-order valence-electron chi connectivity index (χ1n) is 7.84. The number of aromatic nitrogens is 2. The molecule has 8 nitrogen and oxygen atoms in total. The molecular formula is C16H20N4O4S. The van der Waals surface area contributed by atoms with Gasteiger partial charge in [0.2, 0.25) is 5.91 Å². The van der Waals surface area contributed by atoms with Gasteiger partial charge < -0.3 is 14.6 Å². The fourth-order valence-corrected chi connectivity index (χ4v) is 4.15. The number of benzene rings is 1. The lowest BCUT2D eigenvalue weighted by molar-refractivity contribution is -0.131. The van der Waals surface area contributed by atoms with Crippen LogP contribution in [0.3, 0.4) is 0 Å². The minimum absolute atomic E-state index is 0.0853. The number of aryl methyl sites for hydroxylation is 1. The van der Waals surface area contributed by atoms with Gasteiger partial charge in [-0.05, 0) is 5.56 Å². The molecular weight excluding hydrogens is 344 g/mol. The van der Waals surface area contributed by atoms with Crippen molar-refractivity contribution in [3.8, 4) is 0 Å². The molecule has 1 aliphatic rings. The third kappa shape index (κ3) is 3.89. The number of β-amino-alcohol motifs (C(OH)–C–C–N with tert-alkyl or cyclic N) is 1. The molecule has 1 atom stereocenters. The van der Waals surface area contributed by atoms with Gasteiger partial charge in [0.15, 0.2) is 5.03 Å². The zero-order valence-electron chi connectivity index (χ0n) is 13.8. The van der Waals surface area contributed by atoms with Gasteiger partial charge in [0, 0.05) is 32.9 Å². The molecule has 134 valence electrons. The van der Waals surface area contributed by atoms with Crippen LogP contribution in [0.5, 0.6) is 0 Å². The van der Waals surface area contributed by atoms with Crippen molar-refractivity contribution in [3.05, 3.63) is 48.4 Å². The Labute approximate surface area is 146 Å². The summed E-state index contributed by atoms with van der Waals surface area (Å²) in [6.45, 7) is -0.0467. The van der Waals surface area contributed by atoms with Gasteiger partial charge in [0.25, 0.3) is 10.0 Å². The largest absolute Gasteiger partial charge is 0.390 e. The molecule has 1 saturated heterocycles. The molecule has 1 N–H and O–H groups in total. The Bertz CT molecular complexity index is 850. The van der Waals surface area contributed by atoms with E-state index in [1.165, 1.54) is 22.0 Å². The van der Waals surface area contributed by atoms with E-state index >= 15 is 0 Å². The molecule has 1 amide bonds. The van der Waals surface area contributed by atoms with E-state index < -0.39 is 16.1 Å². The summed E-state index contributed by atoms with van der Waals surface area (Å²) in [4.78, 5) is 17.9. The van der Waals surface area contributed by atoms with Crippen molar-refractivity contribution >= 4 is 15.9 Å². The second-order valence-corrected chi connectivity index (χ2v) is 7.97. The predicted octanol–water partition coefficient (Wildman–Crippen LogP) is -0.186. The Kier molecular flexibility index (Phi) is 4.89. The normalized spacial score (nSPS) is 19.8. The van der Waals surface area contributed by atoms with Gasteiger partial charge in [-0.2, -0.15) is 4.31 Å². The van der Waals surface area contributed by atoms with E-state index in [1.54, 1.807) is 7.05 Å². The van der Waals surface area contributed by atoms with Crippen LogP contribution in [0, 0.1) is 0 Å². The van der Waals surface area contributed by atoms with Crippen molar-refractivity contribution in [1.82, 2.24) is 18.8 Å². The number of carbonyl (C=O) groups is 1. The van der Waals surface area contributed by atoms with Crippen LogP contribution in [-0.4, -0.2) is 63.9 Å². The molecule has 0 saturated carbocycles. The third-order valence-electron chi connectivity index (χ3n) is 4.01. The molecule has 2 heterocycles. The number of aliphatic hydroxyl groups is 1. The highest BCUT2D eigenvalue weighted by Gasteiger charge is 2.35. The van der Waals surface area contributed by atoms with Crippen LogP contribution in [0.1, 0.15) is 5.56 Å². The van der Waals surface area contributed by atoms with E-state index in [0.717, 1.165) is 9.87 Å². The van der Waals surface area contributed by atoms with Crippen LogP contribution in [0.25, 0.3) is 0 Å². The lowest BCUT2D eigenvalue weighted by Gasteiger charge is -2.21. The Morgan fingerprint density at radius 2 is 1.96 bits per heavy atom. The minimum atomic E-state index is -3.93. The summed E-state index contributed by atoms with van der Waals surface area (Å²) in [5.74, 6) is -0.347. The predicted molar refractivity (Wildman–Crippen MR) is 89.8 cm³/mol. The summed E-state index contributed by atoms with van der Waals surface area (Å²) in [5, 5.41) is 10.1. The first kappa shape index (κ1) is 17.6. The molecule has 0 bridgehead atoms. The summed E-state index contributed by atoms with van der Waals surface area (Å²) in [6, 6.07) is 9.38. The molecule has 1 aromatic carbocycles. The highest BCUT2D eigenvalue weighted by molar-refractivity contribution is 7.89. The lowest BCUT2D eigenvalue weighted by atomic mass is 10.2. The highest BCUT2D eigenvalue weighted by atomic mass is 32.2. The lowest BCUT2D eigenvalue weighted by Crippen LogP contribution is -2.39. The van der Waals surface area contributed by atoms with Crippen LogP contribution in [0.4, 0.5) is 0 Å². The first-order valence-corrected chi connectivity index (χ1v) is 9.28. The first-order chi connectivity index (χ1) is 11.9. The average Bonchev–Trinajstić information content (AvgIpc) is 2.95. The Hall–Kier alpha value is -2.23. The number of nitrogens with zero attached hydrogens (tertiary/aromatic N) is 4. The second kappa shape index (κ2) is 6.95. The quantitative estimate of drug-likeness (QED) is 0.812. The number of sulfonamides is 1. The number of hydrogen-bond donors (Lipinski definition) is 1. The monoisotopic (exact) mass is 364 g/mol. The molecule has 0 radical (unpaired) electrons. The molecule has 2 aromatic rings. The summed E-state index contributed by atoms with van der Waals surface area (Å²) in [7, 11) is -2.27. The smallest absolute Gasteiger partial charge is 0.262 e. The molecule has 1 fully saturated rings. The molecule has 1 aliphatic heterocycles. The molecule has 3 rings (SSSR count). The Balaban J connectivity index is 1.80. The number of imidazole rings is 1. The van der Waals surface area contributed by atoms with Crippen LogP contribution >= 0.6 is 0 Å². The van der Waals surface area contributed by atoms with Gasteiger partial charge >= 0.3 is 0 Å². The van der Waals surface area contributed by atoms with Crippen molar-refractivity contribution in [2.45, 2.75) is 17.7 Å². The molecule has 0 spiro atoms. The average molecular weight is 364 g/mol. The van der Waals surface area contributed by atoms with E-state index in [4.69, 9.17) is 0 Å². The Morgan fingerprint density at radius 1 is 1.24 bits per heavy atom. The Morgan fingerprint density at radius 3 is 2.60 bits per heavy atom. The fourth-order valence-electron chi connectivity index (χ4n) is 2.76. The topological polar surface area (TPSA) is 95.7 Å². The van der Waals surface area contributed by atoms with E-state index in [1.807, 2.05) is 30.3 Å². The highest BCUT2D eigenvalue weighted by Crippen LogP contribution is 2.18. The number of rotatable bonds is 4.